The molecule has 1 saturated carbocycles. The molecule has 1 heterocycles. The molecule has 1 unspecified atom stereocenters. The van der Waals surface area contributed by atoms with Crippen molar-refractivity contribution in [3.8, 4) is 0 Å². The summed E-state index contributed by atoms with van der Waals surface area (Å²) in [5.74, 6) is 1.26. The number of hydrogen-bond donors (Lipinski definition) is 0. The van der Waals surface area contributed by atoms with Gasteiger partial charge in [-0.3, -0.25) is 0 Å². The number of carbonyl (C=O) groups is 1. The molecule has 2 rings (SSSR count). The molecular weight excluding hydrogens is 216 g/mol. The Morgan fingerprint density at radius 2 is 2.06 bits per heavy atom. The second-order valence-electron chi connectivity index (χ2n) is 5.81. The Bertz CT molecular complexity index is 305. The summed E-state index contributed by atoms with van der Waals surface area (Å²) < 4.78 is 11.1. The van der Waals surface area contributed by atoms with Gasteiger partial charge in [0.05, 0.1) is 6.61 Å². The van der Waals surface area contributed by atoms with E-state index in [2.05, 4.69) is 20.8 Å². The van der Waals surface area contributed by atoms with Crippen LogP contribution in [0, 0.1) is 11.8 Å². The van der Waals surface area contributed by atoms with Crippen molar-refractivity contribution in [3.05, 3.63) is 0 Å². The van der Waals surface area contributed by atoms with Gasteiger partial charge in [-0.15, -0.1) is 0 Å². The van der Waals surface area contributed by atoms with E-state index in [1.165, 1.54) is 0 Å². The van der Waals surface area contributed by atoms with Crippen LogP contribution in [0.4, 0.5) is 0 Å². The van der Waals surface area contributed by atoms with Gasteiger partial charge in [-0.2, -0.15) is 0 Å². The molecule has 0 bridgehead atoms. The van der Waals surface area contributed by atoms with Gasteiger partial charge in [-0.25, -0.2) is 4.79 Å². The summed E-state index contributed by atoms with van der Waals surface area (Å²) in [6.07, 6.45) is 3.83. The molecule has 0 aromatic rings. The first-order valence-corrected chi connectivity index (χ1v) is 6.88. The highest BCUT2D eigenvalue weighted by atomic mass is 16.7. The van der Waals surface area contributed by atoms with Gasteiger partial charge in [0.2, 0.25) is 0 Å². The molecule has 3 heteroatoms. The smallest absolute Gasteiger partial charge is 0.341 e. The zero-order chi connectivity index (χ0) is 12.7. The molecule has 1 spiro atoms. The van der Waals surface area contributed by atoms with E-state index >= 15 is 0 Å². The normalized spacial score (nSPS) is 39.2. The van der Waals surface area contributed by atoms with Gasteiger partial charge in [0.15, 0.2) is 5.60 Å². The van der Waals surface area contributed by atoms with Crippen LogP contribution >= 0.6 is 0 Å². The molecule has 17 heavy (non-hydrogen) atoms. The summed E-state index contributed by atoms with van der Waals surface area (Å²) in [4.78, 5) is 12.1. The van der Waals surface area contributed by atoms with Crippen LogP contribution in [0.2, 0.25) is 0 Å². The van der Waals surface area contributed by atoms with Crippen LogP contribution in [-0.4, -0.2) is 23.8 Å². The average molecular weight is 240 g/mol. The molecule has 98 valence electrons. The van der Waals surface area contributed by atoms with Crippen LogP contribution in [0.1, 0.15) is 53.4 Å². The largest absolute Gasteiger partial charge is 0.464 e. The minimum atomic E-state index is -0.594. The number of hydrogen-bond acceptors (Lipinski definition) is 3. The van der Waals surface area contributed by atoms with Crippen molar-refractivity contribution >= 4 is 5.97 Å². The minimum Gasteiger partial charge on any atom is -0.464 e. The van der Waals surface area contributed by atoms with Gasteiger partial charge >= 0.3 is 5.97 Å². The molecule has 1 saturated heterocycles. The lowest BCUT2D eigenvalue weighted by atomic mass is 9.63. The van der Waals surface area contributed by atoms with Crippen LogP contribution in [0.5, 0.6) is 0 Å². The van der Waals surface area contributed by atoms with E-state index in [0.717, 1.165) is 25.7 Å². The van der Waals surface area contributed by atoms with Crippen molar-refractivity contribution in [2.45, 2.75) is 64.6 Å². The van der Waals surface area contributed by atoms with Gasteiger partial charge < -0.3 is 9.47 Å². The van der Waals surface area contributed by atoms with E-state index < -0.39 is 5.60 Å². The van der Waals surface area contributed by atoms with Crippen LogP contribution in [0.3, 0.4) is 0 Å². The van der Waals surface area contributed by atoms with Crippen molar-refractivity contribution in [2.24, 2.45) is 11.8 Å². The average Bonchev–Trinajstić information content (AvgIpc) is 2.87. The van der Waals surface area contributed by atoms with E-state index in [9.17, 15) is 4.79 Å². The maximum Gasteiger partial charge on any atom is 0.341 e. The van der Waals surface area contributed by atoms with Gasteiger partial charge in [0, 0.05) is 0 Å². The first-order chi connectivity index (χ1) is 8.01. The van der Waals surface area contributed by atoms with Gasteiger partial charge in [0.1, 0.15) is 5.60 Å². The third-order valence-corrected chi connectivity index (χ3v) is 4.40. The number of rotatable bonds is 5. The van der Waals surface area contributed by atoms with Crippen LogP contribution < -0.4 is 0 Å². The lowest BCUT2D eigenvalue weighted by Gasteiger charge is -2.38. The summed E-state index contributed by atoms with van der Waals surface area (Å²) in [6, 6.07) is 0. The standard InChI is InChI=1S/C14H24O3/c1-5-7-14(12(15)16-6-2)13(17-14)8-11(9-13)10(3)4/h10-11H,5-9H2,1-4H3. The number of epoxide rings is 1. The topological polar surface area (TPSA) is 38.8 Å². The fourth-order valence-corrected chi connectivity index (χ4v) is 3.19. The predicted molar refractivity (Wildman–Crippen MR) is 65.7 cm³/mol. The fourth-order valence-electron chi connectivity index (χ4n) is 3.19. The molecule has 2 aliphatic rings. The van der Waals surface area contributed by atoms with Crippen molar-refractivity contribution in [1.29, 1.82) is 0 Å². The van der Waals surface area contributed by atoms with E-state index in [4.69, 9.17) is 9.47 Å². The highest BCUT2D eigenvalue weighted by Crippen LogP contribution is 2.66. The number of esters is 1. The van der Waals surface area contributed by atoms with E-state index in [-0.39, 0.29) is 11.6 Å². The highest BCUT2D eigenvalue weighted by Gasteiger charge is 2.78. The molecular formula is C14H24O3. The maximum absolute atomic E-state index is 12.1. The Hall–Kier alpha value is -0.570. The SMILES string of the molecule is CCCC1(C(=O)OCC)OC12CC(C(C)C)C2. The Kier molecular flexibility index (Phi) is 3.23. The molecule has 0 amide bonds. The van der Waals surface area contributed by atoms with Crippen LogP contribution in [0.15, 0.2) is 0 Å². The molecule has 0 N–H and O–H groups in total. The molecule has 3 nitrogen and oxygen atoms in total. The molecule has 1 aliphatic heterocycles. The van der Waals surface area contributed by atoms with E-state index in [0.29, 0.717) is 18.4 Å². The third-order valence-electron chi connectivity index (χ3n) is 4.40. The summed E-state index contributed by atoms with van der Waals surface area (Å²) in [5, 5.41) is 0. The molecule has 0 aromatic heterocycles. The van der Waals surface area contributed by atoms with Crippen molar-refractivity contribution in [1.82, 2.24) is 0 Å². The lowest BCUT2D eigenvalue weighted by Crippen LogP contribution is -2.45. The van der Waals surface area contributed by atoms with Crippen LogP contribution in [-0.2, 0) is 14.3 Å². The highest BCUT2D eigenvalue weighted by molar-refractivity contribution is 5.85. The van der Waals surface area contributed by atoms with Crippen molar-refractivity contribution < 1.29 is 14.3 Å². The number of ether oxygens (including phenoxy) is 2. The molecule has 1 aliphatic carbocycles. The number of carbonyl (C=O) groups excluding carboxylic acids is 1. The molecule has 2 fully saturated rings. The second-order valence-corrected chi connectivity index (χ2v) is 5.81. The first kappa shape index (κ1) is 12.9. The zero-order valence-electron chi connectivity index (χ0n) is 11.4. The van der Waals surface area contributed by atoms with Crippen molar-refractivity contribution in [2.75, 3.05) is 6.61 Å². The van der Waals surface area contributed by atoms with Gasteiger partial charge in [-0.05, 0) is 38.0 Å². The summed E-state index contributed by atoms with van der Waals surface area (Å²) in [6.45, 7) is 8.87. The van der Waals surface area contributed by atoms with E-state index in [1.807, 2.05) is 6.92 Å². The van der Waals surface area contributed by atoms with Gasteiger partial charge in [0.25, 0.3) is 0 Å². The molecule has 0 radical (unpaired) electrons. The zero-order valence-corrected chi connectivity index (χ0v) is 11.4. The second kappa shape index (κ2) is 4.27. The fraction of sp³-hybridized carbons (Fsp3) is 0.929. The van der Waals surface area contributed by atoms with Crippen LogP contribution in [0.25, 0.3) is 0 Å². The lowest BCUT2D eigenvalue weighted by molar-refractivity contribution is -0.150. The molecule has 1 atom stereocenters. The minimum absolute atomic E-state index is 0.135. The molecule has 0 aromatic carbocycles. The quantitative estimate of drug-likeness (QED) is 0.548. The Labute approximate surface area is 104 Å². The first-order valence-electron chi connectivity index (χ1n) is 6.88. The third kappa shape index (κ3) is 1.79. The Balaban J connectivity index is 2.02. The van der Waals surface area contributed by atoms with Gasteiger partial charge in [-0.1, -0.05) is 27.2 Å². The summed E-state index contributed by atoms with van der Waals surface area (Å²) in [5.41, 5.74) is -0.757. The summed E-state index contributed by atoms with van der Waals surface area (Å²) in [7, 11) is 0. The Morgan fingerprint density at radius 1 is 1.41 bits per heavy atom. The van der Waals surface area contributed by atoms with E-state index in [1.54, 1.807) is 0 Å². The monoisotopic (exact) mass is 240 g/mol. The summed E-state index contributed by atoms with van der Waals surface area (Å²) >= 11 is 0. The predicted octanol–water partition coefficient (Wildman–Crippen LogP) is 2.92. The van der Waals surface area contributed by atoms with Crippen molar-refractivity contribution in [3.63, 3.8) is 0 Å². The maximum atomic E-state index is 12.1. The Morgan fingerprint density at radius 3 is 2.53 bits per heavy atom.